The Bertz CT molecular complexity index is 166. The van der Waals surface area contributed by atoms with Crippen molar-refractivity contribution in [2.75, 3.05) is 79.0 Å². The van der Waals surface area contributed by atoms with Crippen LogP contribution in [-0.2, 0) is 51.7 Å². The Kier molecular flexibility index (Phi) is 23.2. The number of hydrogen-bond donors (Lipinski definition) is 0. The van der Waals surface area contributed by atoms with Crippen LogP contribution in [-0.4, -0.2) is 87.1 Å². The van der Waals surface area contributed by atoms with E-state index in [9.17, 15) is 0 Å². The molecular weight excluding hydrogens is 401 g/mol. The Morgan fingerprint density at radius 1 is 0.583 bits per heavy atom. The van der Waals surface area contributed by atoms with Gasteiger partial charge in [0.25, 0.3) is 0 Å². The molecule has 0 unspecified atom stereocenters. The molecule has 0 radical (unpaired) electrons. The third-order valence-corrected chi connectivity index (χ3v) is 2.32. The maximum Gasteiger partial charge on any atom is 3.00 e. The maximum absolute atomic E-state index is 5.37. The molecule has 6 nitrogen and oxygen atoms in total. The number of nitrogens with zero attached hydrogens (tertiary/aromatic N) is 2. The van der Waals surface area contributed by atoms with Gasteiger partial charge < -0.3 is 36.1 Å². The molecule has 24 heavy (non-hydrogen) atoms. The van der Waals surface area contributed by atoms with Gasteiger partial charge >= 0.3 is 32.7 Å². The van der Waals surface area contributed by atoms with E-state index in [-0.39, 0.29) is 32.7 Å². The van der Waals surface area contributed by atoms with Crippen molar-refractivity contribution in [2.45, 2.75) is 19.6 Å². The van der Waals surface area contributed by atoms with Gasteiger partial charge in [-0.25, -0.2) is 0 Å². The van der Waals surface area contributed by atoms with Crippen molar-refractivity contribution in [3.63, 3.8) is 0 Å². The molecule has 1 rings (SSSR count). The zero-order chi connectivity index (χ0) is 17.2. The molecule has 1 saturated heterocycles. The third kappa shape index (κ3) is 30.9. The molecule has 0 bridgehead atoms. The van der Waals surface area contributed by atoms with Crippen molar-refractivity contribution < 1.29 is 51.7 Å². The summed E-state index contributed by atoms with van der Waals surface area (Å²) in [5.74, 6) is 0. The Hall–Kier alpha value is 1.08. The SMILES string of the molecule is C1COCCOCC[N-]CCOCCOCC[N-]1.[CH2-][Si](C)(C)C.[Y+3]. The summed E-state index contributed by atoms with van der Waals surface area (Å²) in [5.41, 5.74) is 0. The van der Waals surface area contributed by atoms with Crippen molar-refractivity contribution in [3.8, 4) is 0 Å². The average molecular weight is 436 g/mol. The molecular formula is C16H35N2O4SiY. The molecule has 0 atom stereocenters. The van der Waals surface area contributed by atoms with Crippen LogP contribution in [0.4, 0.5) is 0 Å². The fraction of sp³-hybridized carbons (Fsp3) is 0.938. The fourth-order valence-electron chi connectivity index (χ4n) is 1.38. The summed E-state index contributed by atoms with van der Waals surface area (Å²) in [5, 5.41) is 8.58. The molecule has 0 spiro atoms. The Morgan fingerprint density at radius 2 is 0.792 bits per heavy atom. The van der Waals surface area contributed by atoms with Crippen LogP contribution in [0.3, 0.4) is 0 Å². The van der Waals surface area contributed by atoms with E-state index in [0.717, 1.165) is 26.2 Å². The second kappa shape index (κ2) is 20.4. The molecule has 0 aromatic heterocycles. The first-order chi connectivity index (χ1) is 11.0. The van der Waals surface area contributed by atoms with Crippen LogP contribution in [0.2, 0.25) is 19.6 Å². The second-order valence-corrected chi connectivity index (χ2v) is 11.5. The molecule has 0 saturated carbocycles. The van der Waals surface area contributed by atoms with E-state index in [0.29, 0.717) is 52.9 Å². The van der Waals surface area contributed by atoms with Crippen molar-refractivity contribution in [2.24, 2.45) is 0 Å². The Balaban J connectivity index is 0. The normalized spacial score (nSPS) is 20.5. The predicted molar refractivity (Wildman–Crippen MR) is 98.2 cm³/mol. The van der Waals surface area contributed by atoms with E-state index in [1.54, 1.807) is 0 Å². The third-order valence-electron chi connectivity index (χ3n) is 2.32. The molecule has 8 heteroatoms. The van der Waals surface area contributed by atoms with Gasteiger partial charge in [-0.3, -0.25) is 0 Å². The van der Waals surface area contributed by atoms with Crippen LogP contribution in [0.25, 0.3) is 10.6 Å². The Morgan fingerprint density at radius 3 is 1.00 bits per heavy atom. The van der Waals surface area contributed by atoms with Crippen LogP contribution in [0.1, 0.15) is 0 Å². The molecule has 140 valence electrons. The minimum atomic E-state index is -0.861. The van der Waals surface area contributed by atoms with E-state index in [4.69, 9.17) is 18.9 Å². The van der Waals surface area contributed by atoms with Crippen LogP contribution in [0, 0.1) is 6.55 Å². The summed E-state index contributed by atoms with van der Waals surface area (Å²) in [6, 6.07) is 0. The van der Waals surface area contributed by atoms with E-state index in [1.807, 2.05) is 0 Å². The van der Waals surface area contributed by atoms with Crippen LogP contribution in [0.5, 0.6) is 0 Å². The monoisotopic (exact) mass is 436 g/mol. The minimum absolute atomic E-state index is 0. The topological polar surface area (TPSA) is 65.1 Å². The summed E-state index contributed by atoms with van der Waals surface area (Å²) in [4.78, 5) is 0. The van der Waals surface area contributed by atoms with Crippen LogP contribution < -0.4 is 0 Å². The van der Waals surface area contributed by atoms with Gasteiger partial charge in [0, 0.05) is 26.4 Å². The second-order valence-electron chi connectivity index (χ2n) is 6.35. The van der Waals surface area contributed by atoms with Crippen molar-refractivity contribution >= 4 is 8.07 Å². The summed E-state index contributed by atoms with van der Waals surface area (Å²) in [7, 11) is -0.861. The Labute approximate surface area is 175 Å². The van der Waals surface area contributed by atoms with Crippen LogP contribution >= 0.6 is 0 Å². The standard InChI is InChI=1S/C12H24N2O4.C4H11Si.Y/c1-5-15-9-10-17-7-3-14-4-8-18-12-11-16-6-2-13-1;1-5(2,3)4;/h1-12H2;1H2,2-4H3;/q-2;-1;+3. The largest absolute Gasteiger partial charge is 3.00 e. The smallest absolute Gasteiger partial charge is 0.659 e. The van der Waals surface area contributed by atoms with Gasteiger partial charge in [-0.05, 0) is 0 Å². The van der Waals surface area contributed by atoms with Gasteiger partial charge in [0.2, 0.25) is 0 Å². The molecule has 1 aliphatic rings. The van der Waals surface area contributed by atoms with E-state index < -0.39 is 8.07 Å². The van der Waals surface area contributed by atoms with Crippen molar-refractivity contribution in [1.82, 2.24) is 0 Å². The first-order valence-corrected chi connectivity index (χ1v) is 12.1. The molecule has 0 aromatic carbocycles. The first kappa shape index (κ1) is 27.3. The maximum atomic E-state index is 5.37. The summed E-state index contributed by atoms with van der Waals surface area (Å²) >= 11 is 0. The van der Waals surface area contributed by atoms with Gasteiger partial charge in [-0.1, -0.05) is 19.6 Å². The number of rotatable bonds is 0. The summed E-state index contributed by atoms with van der Waals surface area (Å²) < 4.78 is 21.5. The molecule has 0 amide bonds. The molecule has 0 aliphatic carbocycles. The molecule has 0 aromatic rings. The van der Waals surface area contributed by atoms with Gasteiger partial charge in [-0.2, -0.15) is 0 Å². The van der Waals surface area contributed by atoms with Gasteiger partial charge in [0.05, 0.1) is 26.4 Å². The zero-order valence-electron chi connectivity index (χ0n) is 15.8. The molecule has 0 N–H and O–H groups in total. The predicted octanol–water partition coefficient (Wildman–Crippen LogP) is 2.51. The number of hydrogen-bond acceptors (Lipinski definition) is 4. The quantitative estimate of drug-likeness (QED) is 0.432. The van der Waals surface area contributed by atoms with Crippen molar-refractivity contribution in [1.29, 1.82) is 0 Å². The first-order valence-electron chi connectivity index (χ1n) is 8.43. The zero-order valence-corrected chi connectivity index (χ0v) is 19.6. The molecule has 1 heterocycles. The van der Waals surface area contributed by atoms with E-state index in [1.165, 1.54) is 0 Å². The van der Waals surface area contributed by atoms with Gasteiger partial charge in [0.15, 0.2) is 0 Å². The van der Waals surface area contributed by atoms with Gasteiger partial charge in [0.1, 0.15) is 0 Å². The van der Waals surface area contributed by atoms with E-state index in [2.05, 4.69) is 36.8 Å². The van der Waals surface area contributed by atoms with E-state index >= 15 is 0 Å². The fourth-order valence-corrected chi connectivity index (χ4v) is 1.38. The summed E-state index contributed by atoms with van der Waals surface area (Å²) in [6.07, 6.45) is 0. The summed E-state index contributed by atoms with van der Waals surface area (Å²) in [6.45, 7) is 18.5. The average Bonchev–Trinajstić information content (AvgIpc) is 2.46. The minimum Gasteiger partial charge on any atom is -0.659 e. The van der Waals surface area contributed by atoms with Crippen molar-refractivity contribution in [3.05, 3.63) is 17.2 Å². The molecule has 1 aliphatic heterocycles. The number of ether oxygens (including phenoxy) is 4. The molecule has 1 fully saturated rings. The van der Waals surface area contributed by atoms with Gasteiger partial charge in [-0.15, -0.1) is 34.3 Å². The van der Waals surface area contributed by atoms with Crippen LogP contribution in [0.15, 0.2) is 0 Å².